The molecule has 0 bridgehead atoms. The minimum Gasteiger partial charge on any atom is -0.481 e. The zero-order valence-corrected chi connectivity index (χ0v) is 8.39. The maximum atomic E-state index is 13.2. The highest BCUT2D eigenvalue weighted by Crippen LogP contribution is 2.44. The maximum absolute atomic E-state index is 13.2. The van der Waals surface area contributed by atoms with Gasteiger partial charge in [-0.3, -0.25) is 4.79 Å². The highest BCUT2D eigenvalue weighted by atomic mass is 19.3. The second-order valence-electron chi connectivity index (χ2n) is 4.08. The summed E-state index contributed by atoms with van der Waals surface area (Å²) in [6, 6.07) is 0. The lowest BCUT2D eigenvalue weighted by atomic mass is 9.73. The topological polar surface area (TPSA) is 40.5 Å². The summed E-state index contributed by atoms with van der Waals surface area (Å²) in [6.07, 6.45) is 0.0324. The first-order valence-corrected chi connectivity index (χ1v) is 4.59. The molecule has 5 heteroatoms. The van der Waals surface area contributed by atoms with E-state index in [-0.39, 0.29) is 12.8 Å². The molecule has 3 nitrogen and oxygen atoms in total. The van der Waals surface area contributed by atoms with Gasteiger partial charge in [0.25, 0.3) is 5.92 Å². The molecule has 0 radical (unpaired) electrons. The van der Waals surface area contributed by atoms with Gasteiger partial charge in [0, 0.05) is 6.92 Å². The van der Waals surface area contributed by atoms with Crippen LogP contribution >= 0.6 is 0 Å². The molecular weight excluding hydrogens is 192 g/mol. The van der Waals surface area contributed by atoms with Crippen molar-refractivity contribution < 1.29 is 18.7 Å². The predicted molar refractivity (Wildman–Crippen MR) is 47.4 cm³/mol. The van der Waals surface area contributed by atoms with E-state index >= 15 is 0 Å². The van der Waals surface area contributed by atoms with Crippen molar-refractivity contribution in [3.63, 3.8) is 0 Å². The fourth-order valence-electron chi connectivity index (χ4n) is 1.84. The van der Waals surface area contributed by atoms with Crippen molar-refractivity contribution in [3.05, 3.63) is 0 Å². The van der Waals surface area contributed by atoms with Crippen LogP contribution in [0.5, 0.6) is 0 Å². The number of hydrogen-bond acceptors (Lipinski definition) is 2. The Morgan fingerprint density at radius 3 is 2.14 bits per heavy atom. The number of aliphatic carboxylic acids is 1. The van der Waals surface area contributed by atoms with Crippen molar-refractivity contribution in [1.82, 2.24) is 4.90 Å². The molecule has 1 aliphatic rings. The average molecular weight is 207 g/mol. The maximum Gasteiger partial charge on any atom is 0.315 e. The Labute approximate surface area is 81.7 Å². The summed E-state index contributed by atoms with van der Waals surface area (Å²) in [6.45, 7) is 1.53. The number of likely N-dealkylation sites (tertiary alicyclic amines) is 1. The number of hydrogen-bond donors (Lipinski definition) is 1. The SMILES string of the molecule is CN1CCC(C(=O)O)(C(C)(F)F)CC1. The third-order valence-corrected chi connectivity index (χ3v) is 3.09. The summed E-state index contributed by atoms with van der Waals surface area (Å²) in [5.74, 6) is -4.53. The summed E-state index contributed by atoms with van der Waals surface area (Å²) in [7, 11) is 1.81. The molecule has 0 spiro atoms. The second kappa shape index (κ2) is 3.46. The van der Waals surface area contributed by atoms with E-state index < -0.39 is 17.3 Å². The van der Waals surface area contributed by atoms with Crippen LogP contribution in [0.2, 0.25) is 0 Å². The van der Waals surface area contributed by atoms with Gasteiger partial charge in [0.05, 0.1) is 0 Å². The van der Waals surface area contributed by atoms with Crippen LogP contribution in [-0.4, -0.2) is 42.0 Å². The number of carbonyl (C=O) groups is 1. The molecule has 0 saturated carbocycles. The van der Waals surface area contributed by atoms with E-state index in [1.807, 2.05) is 4.90 Å². The normalized spacial score (nSPS) is 23.4. The molecule has 1 fully saturated rings. The Kier molecular flexibility index (Phi) is 2.81. The molecule has 0 unspecified atom stereocenters. The van der Waals surface area contributed by atoms with Crippen LogP contribution in [0, 0.1) is 5.41 Å². The zero-order valence-electron chi connectivity index (χ0n) is 8.39. The van der Waals surface area contributed by atoms with E-state index in [9.17, 15) is 13.6 Å². The quantitative estimate of drug-likeness (QED) is 0.744. The predicted octanol–water partition coefficient (Wildman–Crippen LogP) is 1.44. The van der Waals surface area contributed by atoms with Crippen molar-refractivity contribution >= 4 is 5.97 Å². The number of carboxylic acids is 1. The van der Waals surface area contributed by atoms with E-state index in [0.29, 0.717) is 20.0 Å². The molecule has 0 aliphatic carbocycles. The number of nitrogens with zero attached hydrogens (tertiary/aromatic N) is 1. The van der Waals surface area contributed by atoms with Crippen LogP contribution < -0.4 is 0 Å². The highest BCUT2D eigenvalue weighted by molar-refractivity contribution is 5.76. The Balaban J connectivity index is 2.90. The van der Waals surface area contributed by atoms with Crippen LogP contribution in [0.3, 0.4) is 0 Å². The molecule has 1 saturated heterocycles. The fraction of sp³-hybridized carbons (Fsp3) is 0.889. The Hall–Kier alpha value is -0.710. The number of alkyl halides is 2. The van der Waals surface area contributed by atoms with Gasteiger partial charge in [-0.1, -0.05) is 0 Å². The Bertz CT molecular complexity index is 229. The molecular formula is C9H15F2NO2. The number of carboxylic acid groups (broad SMARTS) is 1. The lowest BCUT2D eigenvalue weighted by molar-refractivity contribution is -0.183. The van der Waals surface area contributed by atoms with Crippen LogP contribution in [-0.2, 0) is 4.79 Å². The van der Waals surface area contributed by atoms with E-state index in [2.05, 4.69) is 0 Å². The average Bonchev–Trinajstić information content (AvgIpc) is 2.02. The largest absolute Gasteiger partial charge is 0.481 e. The van der Waals surface area contributed by atoms with Crippen LogP contribution in [0.25, 0.3) is 0 Å². The molecule has 0 amide bonds. The molecule has 1 heterocycles. The van der Waals surface area contributed by atoms with Crippen LogP contribution in [0.15, 0.2) is 0 Å². The van der Waals surface area contributed by atoms with Gasteiger partial charge in [-0.05, 0) is 33.0 Å². The molecule has 1 aliphatic heterocycles. The van der Waals surface area contributed by atoms with Gasteiger partial charge in [-0.25, -0.2) is 8.78 Å². The van der Waals surface area contributed by atoms with Gasteiger partial charge >= 0.3 is 5.97 Å². The first-order valence-electron chi connectivity index (χ1n) is 4.59. The summed E-state index contributed by atoms with van der Waals surface area (Å²) in [4.78, 5) is 12.8. The van der Waals surface area contributed by atoms with Crippen molar-refractivity contribution in [1.29, 1.82) is 0 Å². The van der Waals surface area contributed by atoms with E-state index in [1.165, 1.54) is 0 Å². The van der Waals surface area contributed by atoms with Crippen molar-refractivity contribution in [2.24, 2.45) is 5.41 Å². The van der Waals surface area contributed by atoms with Crippen LogP contribution in [0.4, 0.5) is 8.78 Å². The lowest BCUT2D eigenvalue weighted by Crippen LogP contribution is -2.52. The number of halogens is 2. The molecule has 14 heavy (non-hydrogen) atoms. The van der Waals surface area contributed by atoms with E-state index in [0.717, 1.165) is 0 Å². The van der Waals surface area contributed by atoms with Gasteiger partial charge in [0.2, 0.25) is 0 Å². The first kappa shape index (κ1) is 11.4. The molecule has 0 aromatic carbocycles. The summed E-state index contributed by atoms with van der Waals surface area (Å²) < 4.78 is 26.5. The number of rotatable bonds is 2. The summed E-state index contributed by atoms with van der Waals surface area (Å²) in [5, 5.41) is 8.91. The standard InChI is InChI=1S/C9H15F2NO2/c1-8(10,11)9(7(13)14)3-5-12(2)6-4-9/h3-6H2,1-2H3,(H,13,14). The van der Waals surface area contributed by atoms with Gasteiger partial charge < -0.3 is 10.0 Å². The van der Waals surface area contributed by atoms with Gasteiger partial charge in [0.1, 0.15) is 5.41 Å². The van der Waals surface area contributed by atoms with Crippen molar-refractivity contribution in [2.75, 3.05) is 20.1 Å². The minimum atomic E-state index is -3.15. The molecule has 82 valence electrons. The third-order valence-electron chi connectivity index (χ3n) is 3.09. The second-order valence-corrected chi connectivity index (χ2v) is 4.08. The van der Waals surface area contributed by atoms with Crippen LogP contribution in [0.1, 0.15) is 19.8 Å². The van der Waals surface area contributed by atoms with Crippen molar-refractivity contribution in [3.8, 4) is 0 Å². The third kappa shape index (κ3) is 1.73. The zero-order chi connectivity index (χ0) is 11.0. The molecule has 0 aromatic heterocycles. The Morgan fingerprint density at radius 1 is 1.43 bits per heavy atom. The fourth-order valence-corrected chi connectivity index (χ4v) is 1.84. The monoisotopic (exact) mass is 207 g/mol. The van der Waals surface area contributed by atoms with E-state index in [4.69, 9.17) is 5.11 Å². The molecule has 1 rings (SSSR count). The highest BCUT2D eigenvalue weighted by Gasteiger charge is 2.56. The summed E-state index contributed by atoms with van der Waals surface area (Å²) in [5.41, 5.74) is -1.86. The van der Waals surface area contributed by atoms with E-state index in [1.54, 1.807) is 7.05 Å². The Morgan fingerprint density at radius 2 is 1.86 bits per heavy atom. The number of piperidine rings is 1. The van der Waals surface area contributed by atoms with Gasteiger partial charge in [-0.15, -0.1) is 0 Å². The van der Waals surface area contributed by atoms with Gasteiger partial charge in [-0.2, -0.15) is 0 Å². The molecule has 0 atom stereocenters. The smallest absolute Gasteiger partial charge is 0.315 e. The first-order chi connectivity index (χ1) is 6.29. The molecule has 0 aromatic rings. The summed E-state index contributed by atoms with van der Waals surface area (Å²) >= 11 is 0. The lowest BCUT2D eigenvalue weighted by Gasteiger charge is -2.40. The van der Waals surface area contributed by atoms with Crippen molar-refractivity contribution in [2.45, 2.75) is 25.7 Å². The van der Waals surface area contributed by atoms with Gasteiger partial charge in [0.15, 0.2) is 0 Å². The molecule has 1 N–H and O–H groups in total. The minimum absolute atomic E-state index is 0.0162.